The molecule has 0 aromatic carbocycles. The molecule has 3 fully saturated rings. The third kappa shape index (κ3) is 3.05. The topological polar surface area (TPSA) is 9.72 Å². The van der Waals surface area contributed by atoms with E-state index >= 15 is 0 Å². The van der Waals surface area contributed by atoms with E-state index in [-0.39, 0.29) is 0 Å². The maximum Gasteiger partial charge on any atom is 0.0270 e. The largest absolute Gasteiger partial charge is 0.301 e. The first-order valence-electron chi connectivity index (χ1n) is 8.80. The molecule has 0 aromatic heterocycles. The number of likely N-dealkylation sites (tertiary alicyclic amines) is 1. The Morgan fingerprint density at radius 2 is 1.75 bits per heavy atom. The lowest BCUT2D eigenvalue weighted by molar-refractivity contribution is 0.0672. The SMILES string of the molecule is CC(C)N1CCCC(CN2CCN(C(C)C)C3CC32)C1. The fourth-order valence-electron chi connectivity index (χ4n) is 4.41. The van der Waals surface area contributed by atoms with Crippen molar-refractivity contribution in [2.45, 2.75) is 71.1 Å². The van der Waals surface area contributed by atoms with E-state index in [0.29, 0.717) is 0 Å². The zero-order chi connectivity index (χ0) is 14.3. The van der Waals surface area contributed by atoms with Gasteiger partial charge in [0.05, 0.1) is 0 Å². The summed E-state index contributed by atoms with van der Waals surface area (Å²) in [6, 6.07) is 3.23. The lowest BCUT2D eigenvalue weighted by Gasteiger charge is -2.41. The summed E-state index contributed by atoms with van der Waals surface area (Å²) in [5.41, 5.74) is 0. The number of rotatable bonds is 4. The summed E-state index contributed by atoms with van der Waals surface area (Å²) in [5.74, 6) is 0.915. The molecule has 2 saturated heterocycles. The van der Waals surface area contributed by atoms with Gasteiger partial charge in [-0.15, -0.1) is 0 Å². The highest BCUT2D eigenvalue weighted by molar-refractivity contribution is 5.07. The highest BCUT2D eigenvalue weighted by atomic mass is 15.4. The number of hydrogen-bond donors (Lipinski definition) is 0. The van der Waals surface area contributed by atoms with E-state index in [1.165, 1.54) is 52.0 Å². The lowest BCUT2D eigenvalue weighted by atomic mass is 9.96. The first-order chi connectivity index (χ1) is 9.56. The minimum Gasteiger partial charge on any atom is -0.301 e. The first kappa shape index (κ1) is 14.8. The molecule has 0 aromatic rings. The normalized spacial score (nSPS) is 36.6. The van der Waals surface area contributed by atoms with Crippen LogP contribution in [0.1, 0.15) is 47.0 Å². The Labute approximate surface area is 125 Å². The Hall–Kier alpha value is -0.120. The third-order valence-electron chi connectivity index (χ3n) is 5.70. The fourth-order valence-corrected chi connectivity index (χ4v) is 4.41. The average Bonchev–Trinajstić information content (AvgIpc) is 3.19. The van der Waals surface area contributed by atoms with Gasteiger partial charge >= 0.3 is 0 Å². The van der Waals surface area contributed by atoms with Crippen molar-refractivity contribution in [1.82, 2.24) is 14.7 Å². The smallest absolute Gasteiger partial charge is 0.0270 e. The molecule has 0 bridgehead atoms. The van der Waals surface area contributed by atoms with Crippen molar-refractivity contribution in [2.24, 2.45) is 5.92 Å². The first-order valence-corrected chi connectivity index (χ1v) is 8.80. The molecule has 116 valence electrons. The van der Waals surface area contributed by atoms with Crippen LogP contribution in [0.3, 0.4) is 0 Å². The Morgan fingerprint density at radius 1 is 0.950 bits per heavy atom. The molecule has 0 amide bonds. The molecule has 1 saturated carbocycles. The van der Waals surface area contributed by atoms with Crippen molar-refractivity contribution in [3.05, 3.63) is 0 Å². The molecular formula is C17H33N3. The van der Waals surface area contributed by atoms with Gasteiger partial charge in [-0.3, -0.25) is 9.80 Å². The molecule has 3 heteroatoms. The van der Waals surface area contributed by atoms with Crippen LogP contribution in [0.4, 0.5) is 0 Å². The number of hydrogen-bond acceptors (Lipinski definition) is 3. The van der Waals surface area contributed by atoms with Crippen LogP contribution in [0.5, 0.6) is 0 Å². The van der Waals surface area contributed by atoms with Crippen LogP contribution in [0.15, 0.2) is 0 Å². The van der Waals surface area contributed by atoms with Gasteiger partial charge in [0.2, 0.25) is 0 Å². The molecule has 3 aliphatic rings. The van der Waals surface area contributed by atoms with Gasteiger partial charge in [-0.2, -0.15) is 0 Å². The lowest BCUT2D eigenvalue weighted by Crippen LogP contribution is -2.51. The van der Waals surface area contributed by atoms with Crippen molar-refractivity contribution in [1.29, 1.82) is 0 Å². The summed E-state index contributed by atoms with van der Waals surface area (Å²) >= 11 is 0. The van der Waals surface area contributed by atoms with Gasteiger partial charge in [-0.25, -0.2) is 0 Å². The molecule has 20 heavy (non-hydrogen) atoms. The molecule has 3 nitrogen and oxygen atoms in total. The summed E-state index contributed by atoms with van der Waals surface area (Å²) < 4.78 is 0. The second-order valence-electron chi connectivity index (χ2n) is 7.79. The fraction of sp³-hybridized carbons (Fsp3) is 1.00. The van der Waals surface area contributed by atoms with Crippen LogP contribution in [0.2, 0.25) is 0 Å². The number of fused-ring (bicyclic) bond motifs is 1. The molecule has 0 radical (unpaired) electrons. The van der Waals surface area contributed by atoms with E-state index in [9.17, 15) is 0 Å². The van der Waals surface area contributed by atoms with E-state index in [1.54, 1.807) is 0 Å². The average molecular weight is 279 g/mol. The molecule has 3 atom stereocenters. The van der Waals surface area contributed by atoms with E-state index in [2.05, 4.69) is 42.4 Å². The summed E-state index contributed by atoms with van der Waals surface area (Å²) in [5, 5.41) is 0. The van der Waals surface area contributed by atoms with Gasteiger partial charge in [-0.1, -0.05) is 0 Å². The molecular weight excluding hydrogens is 246 g/mol. The van der Waals surface area contributed by atoms with Crippen molar-refractivity contribution in [3.8, 4) is 0 Å². The maximum atomic E-state index is 2.82. The van der Waals surface area contributed by atoms with Crippen LogP contribution >= 0.6 is 0 Å². The van der Waals surface area contributed by atoms with Crippen LogP contribution in [0.25, 0.3) is 0 Å². The van der Waals surface area contributed by atoms with E-state index in [1.807, 2.05) is 0 Å². The van der Waals surface area contributed by atoms with E-state index in [0.717, 1.165) is 30.1 Å². The number of nitrogens with zero attached hydrogens (tertiary/aromatic N) is 3. The van der Waals surface area contributed by atoms with Crippen molar-refractivity contribution in [2.75, 3.05) is 32.7 Å². The van der Waals surface area contributed by atoms with E-state index < -0.39 is 0 Å². The third-order valence-corrected chi connectivity index (χ3v) is 5.70. The molecule has 3 unspecified atom stereocenters. The molecule has 0 N–H and O–H groups in total. The molecule has 3 rings (SSSR count). The predicted octanol–water partition coefficient (Wildman–Crippen LogP) is 2.27. The minimum atomic E-state index is 0.726. The molecule has 2 aliphatic heterocycles. The Morgan fingerprint density at radius 3 is 2.45 bits per heavy atom. The minimum absolute atomic E-state index is 0.726. The zero-order valence-corrected chi connectivity index (χ0v) is 13.9. The Bertz CT molecular complexity index is 328. The second-order valence-corrected chi connectivity index (χ2v) is 7.79. The van der Waals surface area contributed by atoms with Gasteiger partial charge in [0.15, 0.2) is 0 Å². The van der Waals surface area contributed by atoms with Crippen LogP contribution in [-0.4, -0.2) is 71.6 Å². The summed E-state index contributed by atoms with van der Waals surface area (Å²) in [6.45, 7) is 16.0. The molecule has 2 heterocycles. The highest BCUT2D eigenvalue weighted by Gasteiger charge is 2.49. The molecule has 0 spiro atoms. The van der Waals surface area contributed by atoms with Gasteiger partial charge < -0.3 is 4.90 Å². The van der Waals surface area contributed by atoms with E-state index in [4.69, 9.17) is 0 Å². The quantitative estimate of drug-likeness (QED) is 0.782. The molecule has 1 aliphatic carbocycles. The highest BCUT2D eigenvalue weighted by Crippen LogP contribution is 2.38. The Balaban J connectivity index is 1.50. The monoisotopic (exact) mass is 279 g/mol. The van der Waals surface area contributed by atoms with Gasteiger partial charge in [0, 0.05) is 50.3 Å². The summed E-state index contributed by atoms with van der Waals surface area (Å²) in [4.78, 5) is 8.23. The Kier molecular flexibility index (Phi) is 4.40. The maximum absolute atomic E-state index is 2.82. The van der Waals surface area contributed by atoms with Gasteiger partial charge in [0.1, 0.15) is 0 Å². The zero-order valence-electron chi connectivity index (χ0n) is 13.9. The van der Waals surface area contributed by atoms with Crippen molar-refractivity contribution >= 4 is 0 Å². The van der Waals surface area contributed by atoms with Gasteiger partial charge in [0.25, 0.3) is 0 Å². The standard InChI is InChI=1S/C17H33N3/c1-13(2)18-7-5-6-15(11-18)12-19-8-9-20(14(3)4)17-10-16(17)19/h13-17H,5-12H2,1-4H3. The van der Waals surface area contributed by atoms with Crippen LogP contribution < -0.4 is 0 Å². The van der Waals surface area contributed by atoms with Crippen molar-refractivity contribution in [3.63, 3.8) is 0 Å². The van der Waals surface area contributed by atoms with Gasteiger partial charge in [-0.05, 0) is 59.4 Å². The number of piperazine rings is 1. The van der Waals surface area contributed by atoms with Crippen molar-refractivity contribution < 1.29 is 0 Å². The number of piperidine rings is 1. The predicted molar refractivity (Wildman–Crippen MR) is 85.0 cm³/mol. The second kappa shape index (κ2) is 5.94. The summed E-state index contributed by atoms with van der Waals surface area (Å²) in [7, 11) is 0. The van der Waals surface area contributed by atoms with Crippen LogP contribution in [0, 0.1) is 5.92 Å². The van der Waals surface area contributed by atoms with Crippen LogP contribution in [-0.2, 0) is 0 Å². The summed E-state index contributed by atoms with van der Waals surface area (Å²) in [6.07, 6.45) is 4.28.